The summed E-state index contributed by atoms with van der Waals surface area (Å²) in [5.74, 6) is 0.0486. The van der Waals surface area contributed by atoms with Crippen molar-refractivity contribution in [2.45, 2.75) is 33.1 Å². The van der Waals surface area contributed by atoms with E-state index in [1.807, 2.05) is 19.9 Å². The standard InChI is InChI=1S/C18H25N3O4/c1-3-11-25-15-8-7-14(12-16(15)24-4-2)13-19-20-17(22)18(23)21-9-5-6-10-21/h7-8,12-13H,3-6,9-11H2,1-2H3,(H,20,22)/b19-13-. The molecule has 1 fully saturated rings. The minimum atomic E-state index is -0.717. The minimum absolute atomic E-state index is 0.518. The number of amides is 2. The molecule has 0 radical (unpaired) electrons. The Morgan fingerprint density at radius 2 is 1.96 bits per heavy atom. The van der Waals surface area contributed by atoms with Gasteiger partial charge in [-0.1, -0.05) is 6.92 Å². The lowest BCUT2D eigenvalue weighted by molar-refractivity contribution is -0.145. The third kappa shape index (κ3) is 5.48. The number of benzene rings is 1. The molecule has 25 heavy (non-hydrogen) atoms. The van der Waals surface area contributed by atoms with Crippen molar-refractivity contribution in [3.63, 3.8) is 0 Å². The summed E-state index contributed by atoms with van der Waals surface area (Å²) < 4.78 is 11.2. The highest BCUT2D eigenvalue weighted by Crippen LogP contribution is 2.28. The highest BCUT2D eigenvalue weighted by molar-refractivity contribution is 6.35. The lowest BCUT2D eigenvalue weighted by Gasteiger charge is -2.13. The summed E-state index contributed by atoms with van der Waals surface area (Å²) in [5, 5.41) is 3.86. The molecular weight excluding hydrogens is 322 g/mol. The first kappa shape index (κ1) is 18.8. The molecule has 0 aromatic heterocycles. The SMILES string of the molecule is CCCOc1ccc(/C=N\NC(=O)C(=O)N2CCCC2)cc1OCC. The highest BCUT2D eigenvalue weighted by Gasteiger charge is 2.23. The van der Waals surface area contributed by atoms with Gasteiger partial charge in [0.05, 0.1) is 19.4 Å². The van der Waals surface area contributed by atoms with Crippen LogP contribution < -0.4 is 14.9 Å². The van der Waals surface area contributed by atoms with Gasteiger partial charge < -0.3 is 14.4 Å². The largest absolute Gasteiger partial charge is 0.490 e. The van der Waals surface area contributed by atoms with Crippen LogP contribution >= 0.6 is 0 Å². The van der Waals surface area contributed by atoms with Crippen LogP contribution in [0, 0.1) is 0 Å². The number of hydrazone groups is 1. The zero-order chi connectivity index (χ0) is 18.1. The number of carbonyl (C=O) groups excluding carboxylic acids is 2. The Hall–Kier alpha value is -2.57. The zero-order valence-corrected chi connectivity index (χ0v) is 14.8. The maximum atomic E-state index is 11.9. The van der Waals surface area contributed by atoms with Gasteiger partial charge in [0.15, 0.2) is 11.5 Å². The summed E-state index contributed by atoms with van der Waals surface area (Å²) in [6.45, 7) is 6.33. The number of hydrogen-bond donors (Lipinski definition) is 1. The number of nitrogens with zero attached hydrogens (tertiary/aromatic N) is 2. The number of hydrogen-bond acceptors (Lipinski definition) is 5. The van der Waals surface area contributed by atoms with Crippen LogP contribution in [0.2, 0.25) is 0 Å². The van der Waals surface area contributed by atoms with Crippen molar-refractivity contribution in [2.24, 2.45) is 5.10 Å². The Morgan fingerprint density at radius 3 is 2.64 bits per heavy atom. The van der Waals surface area contributed by atoms with Crippen LogP contribution in [0.15, 0.2) is 23.3 Å². The molecule has 7 nitrogen and oxygen atoms in total. The van der Waals surface area contributed by atoms with E-state index in [-0.39, 0.29) is 0 Å². The number of carbonyl (C=O) groups is 2. The quantitative estimate of drug-likeness (QED) is 0.464. The van der Waals surface area contributed by atoms with E-state index in [1.165, 1.54) is 11.1 Å². The van der Waals surface area contributed by atoms with Crippen LogP contribution in [-0.2, 0) is 9.59 Å². The van der Waals surface area contributed by atoms with Crippen molar-refractivity contribution in [1.29, 1.82) is 0 Å². The highest BCUT2D eigenvalue weighted by atomic mass is 16.5. The van der Waals surface area contributed by atoms with Crippen LogP contribution in [-0.4, -0.2) is 49.2 Å². The topological polar surface area (TPSA) is 80.2 Å². The Balaban J connectivity index is 1.96. The van der Waals surface area contributed by atoms with Crippen LogP contribution in [0.4, 0.5) is 0 Å². The summed E-state index contributed by atoms with van der Waals surface area (Å²) >= 11 is 0. The molecule has 1 aliphatic rings. The van der Waals surface area contributed by atoms with Gasteiger partial charge in [-0.05, 0) is 49.9 Å². The van der Waals surface area contributed by atoms with Crippen LogP contribution in [0.3, 0.4) is 0 Å². The fourth-order valence-electron chi connectivity index (χ4n) is 2.48. The molecule has 0 spiro atoms. The van der Waals surface area contributed by atoms with Crippen molar-refractivity contribution >= 4 is 18.0 Å². The van der Waals surface area contributed by atoms with Gasteiger partial charge in [-0.25, -0.2) is 5.43 Å². The molecule has 0 atom stereocenters. The van der Waals surface area contributed by atoms with E-state index in [2.05, 4.69) is 10.5 Å². The fourth-order valence-corrected chi connectivity index (χ4v) is 2.48. The monoisotopic (exact) mass is 347 g/mol. The second-order valence-corrected chi connectivity index (χ2v) is 5.69. The Bertz CT molecular complexity index is 625. The molecule has 1 aromatic rings. The maximum Gasteiger partial charge on any atom is 0.329 e. The molecule has 0 bridgehead atoms. The van der Waals surface area contributed by atoms with Crippen LogP contribution in [0.5, 0.6) is 11.5 Å². The van der Waals surface area contributed by atoms with E-state index < -0.39 is 11.8 Å². The van der Waals surface area contributed by atoms with Crippen molar-refractivity contribution in [2.75, 3.05) is 26.3 Å². The Labute approximate surface area is 148 Å². The van der Waals surface area contributed by atoms with Gasteiger partial charge >= 0.3 is 11.8 Å². The van der Waals surface area contributed by atoms with E-state index in [9.17, 15) is 9.59 Å². The average Bonchev–Trinajstić information content (AvgIpc) is 3.15. The molecule has 1 heterocycles. The first-order chi connectivity index (χ1) is 12.2. The molecule has 2 amide bonds. The normalized spacial score (nSPS) is 13.9. The second kappa shape index (κ2) is 9.66. The lowest BCUT2D eigenvalue weighted by atomic mass is 10.2. The smallest absolute Gasteiger partial charge is 0.329 e. The first-order valence-electron chi connectivity index (χ1n) is 8.67. The van der Waals surface area contributed by atoms with Crippen LogP contribution in [0.25, 0.3) is 0 Å². The third-order valence-corrected chi connectivity index (χ3v) is 3.70. The molecule has 1 aliphatic heterocycles. The molecule has 0 aliphatic carbocycles. The van der Waals surface area contributed by atoms with E-state index in [1.54, 1.807) is 12.1 Å². The van der Waals surface area contributed by atoms with Crippen molar-refractivity contribution in [3.8, 4) is 11.5 Å². The predicted octanol–water partition coefficient (Wildman–Crippen LogP) is 1.95. The van der Waals surface area contributed by atoms with E-state index >= 15 is 0 Å². The molecule has 7 heteroatoms. The molecule has 1 aromatic carbocycles. The molecule has 2 rings (SSSR count). The van der Waals surface area contributed by atoms with Gasteiger partial charge in [0.1, 0.15) is 0 Å². The molecule has 1 N–H and O–H groups in total. The number of ether oxygens (including phenoxy) is 2. The van der Waals surface area contributed by atoms with Crippen molar-refractivity contribution in [1.82, 2.24) is 10.3 Å². The van der Waals surface area contributed by atoms with E-state index in [0.717, 1.165) is 24.8 Å². The molecule has 1 saturated heterocycles. The van der Waals surface area contributed by atoms with Crippen molar-refractivity contribution in [3.05, 3.63) is 23.8 Å². The van der Waals surface area contributed by atoms with E-state index in [0.29, 0.717) is 37.8 Å². The van der Waals surface area contributed by atoms with Gasteiger partial charge in [-0.3, -0.25) is 9.59 Å². The van der Waals surface area contributed by atoms with Crippen molar-refractivity contribution < 1.29 is 19.1 Å². The fraction of sp³-hybridized carbons (Fsp3) is 0.500. The molecule has 0 unspecified atom stereocenters. The van der Waals surface area contributed by atoms with Crippen LogP contribution in [0.1, 0.15) is 38.7 Å². The lowest BCUT2D eigenvalue weighted by Crippen LogP contribution is -2.39. The van der Waals surface area contributed by atoms with Gasteiger partial charge in [-0.2, -0.15) is 5.10 Å². The van der Waals surface area contributed by atoms with Gasteiger partial charge in [0, 0.05) is 13.1 Å². The third-order valence-electron chi connectivity index (χ3n) is 3.70. The number of nitrogens with one attached hydrogen (secondary N) is 1. The summed E-state index contributed by atoms with van der Waals surface area (Å²) in [7, 11) is 0. The number of rotatable bonds is 7. The Kier molecular flexibility index (Phi) is 7.25. The first-order valence-corrected chi connectivity index (χ1v) is 8.67. The summed E-state index contributed by atoms with van der Waals surface area (Å²) in [6, 6.07) is 5.40. The van der Waals surface area contributed by atoms with Gasteiger partial charge in [0.2, 0.25) is 0 Å². The predicted molar refractivity (Wildman–Crippen MR) is 94.9 cm³/mol. The van der Waals surface area contributed by atoms with E-state index in [4.69, 9.17) is 9.47 Å². The Morgan fingerprint density at radius 1 is 1.20 bits per heavy atom. The molecular formula is C18H25N3O4. The molecule has 136 valence electrons. The minimum Gasteiger partial charge on any atom is -0.490 e. The van der Waals surface area contributed by atoms with Gasteiger partial charge in [-0.15, -0.1) is 0 Å². The molecule has 0 saturated carbocycles. The average molecular weight is 347 g/mol. The maximum absolute atomic E-state index is 11.9. The number of likely N-dealkylation sites (tertiary alicyclic amines) is 1. The second-order valence-electron chi connectivity index (χ2n) is 5.69. The summed E-state index contributed by atoms with van der Waals surface area (Å²) in [4.78, 5) is 25.2. The summed E-state index contributed by atoms with van der Waals surface area (Å²) in [5.41, 5.74) is 3.01. The summed E-state index contributed by atoms with van der Waals surface area (Å²) in [6.07, 6.45) is 4.26. The van der Waals surface area contributed by atoms with Gasteiger partial charge in [0.25, 0.3) is 0 Å². The zero-order valence-electron chi connectivity index (χ0n) is 14.8.